The molecular formula is C12H9ClFN3. The van der Waals surface area contributed by atoms with E-state index >= 15 is 0 Å². The van der Waals surface area contributed by atoms with Crippen LogP contribution in [0, 0.1) is 24.1 Å². The van der Waals surface area contributed by atoms with E-state index in [1.165, 1.54) is 16.8 Å². The average molecular weight is 250 g/mol. The summed E-state index contributed by atoms with van der Waals surface area (Å²) < 4.78 is 14.5. The van der Waals surface area contributed by atoms with Gasteiger partial charge in [0.2, 0.25) is 0 Å². The molecule has 0 bridgehead atoms. The molecule has 1 aromatic heterocycles. The van der Waals surface area contributed by atoms with E-state index in [4.69, 9.17) is 16.9 Å². The molecule has 2 rings (SSSR count). The number of aromatic nitrogens is 2. The zero-order valence-corrected chi connectivity index (χ0v) is 9.87. The number of benzene rings is 1. The van der Waals surface area contributed by atoms with Gasteiger partial charge in [0.15, 0.2) is 0 Å². The summed E-state index contributed by atoms with van der Waals surface area (Å²) in [5, 5.41) is 13.3. The van der Waals surface area contributed by atoms with Crippen LogP contribution in [-0.4, -0.2) is 9.78 Å². The van der Waals surface area contributed by atoms with Gasteiger partial charge in [0, 0.05) is 0 Å². The Kier molecular flexibility index (Phi) is 3.12. The van der Waals surface area contributed by atoms with Crippen molar-refractivity contribution >= 4 is 11.6 Å². The minimum atomic E-state index is -0.303. The van der Waals surface area contributed by atoms with Crippen molar-refractivity contribution in [2.75, 3.05) is 0 Å². The number of halogens is 2. The van der Waals surface area contributed by atoms with E-state index in [1.54, 1.807) is 19.1 Å². The normalized spacial score (nSPS) is 10.2. The SMILES string of the molecule is Cc1nn(Cc2cccc(F)c2)c(Cl)c1C#N. The fourth-order valence-electron chi connectivity index (χ4n) is 1.59. The first-order valence-electron chi connectivity index (χ1n) is 4.99. The molecule has 0 saturated heterocycles. The Balaban J connectivity index is 2.34. The number of rotatable bonds is 2. The number of aryl methyl sites for hydroxylation is 1. The van der Waals surface area contributed by atoms with Crippen molar-refractivity contribution in [2.45, 2.75) is 13.5 Å². The fourth-order valence-corrected chi connectivity index (χ4v) is 1.87. The van der Waals surface area contributed by atoms with Crippen molar-refractivity contribution in [3.8, 4) is 6.07 Å². The second-order valence-electron chi connectivity index (χ2n) is 3.65. The quantitative estimate of drug-likeness (QED) is 0.821. The summed E-state index contributed by atoms with van der Waals surface area (Å²) >= 11 is 6.00. The van der Waals surface area contributed by atoms with Gasteiger partial charge in [-0.1, -0.05) is 23.7 Å². The van der Waals surface area contributed by atoms with E-state index in [-0.39, 0.29) is 11.0 Å². The highest BCUT2D eigenvalue weighted by atomic mass is 35.5. The number of nitriles is 1. The van der Waals surface area contributed by atoms with E-state index in [0.717, 1.165) is 5.56 Å². The predicted molar refractivity (Wildman–Crippen MR) is 62.2 cm³/mol. The average Bonchev–Trinajstić information content (AvgIpc) is 2.54. The summed E-state index contributed by atoms with van der Waals surface area (Å²) in [6, 6.07) is 8.19. The Hall–Kier alpha value is -1.86. The Morgan fingerprint density at radius 2 is 2.29 bits per heavy atom. The molecule has 0 aliphatic carbocycles. The van der Waals surface area contributed by atoms with Crippen LogP contribution in [0.15, 0.2) is 24.3 Å². The van der Waals surface area contributed by atoms with Crippen LogP contribution in [0.5, 0.6) is 0 Å². The van der Waals surface area contributed by atoms with E-state index in [0.29, 0.717) is 17.8 Å². The van der Waals surface area contributed by atoms with Gasteiger partial charge in [-0.25, -0.2) is 9.07 Å². The van der Waals surface area contributed by atoms with Gasteiger partial charge in [0.05, 0.1) is 12.2 Å². The topological polar surface area (TPSA) is 41.6 Å². The van der Waals surface area contributed by atoms with Crippen molar-refractivity contribution in [1.29, 1.82) is 5.26 Å². The van der Waals surface area contributed by atoms with Crippen LogP contribution < -0.4 is 0 Å². The maximum absolute atomic E-state index is 13.0. The summed E-state index contributed by atoms with van der Waals surface area (Å²) in [7, 11) is 0. The van der Waals surface area contributed by atoms with Crippen molar-refractivity contribution in [2.24, 2.45) is 0 Å². The molecule has 5 heteroatoms. The van der Waals surface area contributed by atoms with Crippen LogP contribution in [0.25, 0.3) is 0 Å². The molecule has 1 aromatic carbocycles. The first-order chi connectivity index (χ1) is 8.11. The van der Waals surface area contributed by atoms with Crippen LogP contribution in [0.3, 0.4) is 0 Å². The minimum absolute atomic E-state index is 0.286. The third-order valence-electron chi connectivity index (χ3n) is 2.40. The van der Waals surface area contributed by atoms with Gasteiger partial charge in [0.1, 0.15) is 22.6 Å². The minimum Gasteiger partial charge on any atom is -0.248 e. The molecule has 0 spiro atoms. The van der Waals surface area contributed by atoms with E-state index < -0.39 is 0 Å². The highest BCUT2D eigenvalue weighted by Crippen LogP contribution is 2.19. The second-order valence-corrected chi connectivity index (χ2v) is 4.01. The molecule has 2 aromatic rings. The van der Waals surface area contributed by atoms with Crippen LogP contribution in [0.1, 0.15) is 16.8 Å². The van der Waals surface area contributed by atoms with E-state index in [9.17, 15) is 4.39 Å². The van der Waals surface area contributed by atoms with Gasteiger partial charge in [-0.05, 0) is 24.6 Å². The standard InChI is InChI=1S/C12H9ClFN3/c1-8-11(6-15)12(13)17(16-8)7-9-3-2-4-10(14)5-9/h2-5H,7H2,1H3. The molecule has 1 heterocycles. The molecule has 17 heavy (non-hydrogen) atoms. The molecule has 0 atom stereocenters. The molecule has 0 fully saturated rings. The summed E-state index contributed by atoms with van der Waals surface area (Å²) in [5.74, 6) is -0.303. The first-order valence-corrected chi connectivity index (χ1v) is 5.37. The Bertz CT molecular complexity index is 598. The summed E-state index contributed by atoms with van der Waals surface area (Å²) in [4.78, 5) is 0. The van der Waals surface area contributed by atoms with Gasteiger partial charge in [-0.15, -0.1) is 0 Å². The van der Waals surface area contributed by atoms with Crippen molar-refractivity contribution < 1.29 is 4.39 Å². The zero-order valence-electron chi connectivity index (χ0n) is 9.11. The molecular weight excluding hydrogens is 241 g/mol. The van der Waals surface area contributed by atoms with Gasteiger partial charge < -0.3 is 0 Å². The van der Waals surface area contributed by atoms with Crippen LogP contribution >= 0.6 is 11.6 Å². The molecule has 0 saturated carbocycles. The highest BCUT2D eigenvalue weighted by molar-refractivity contribution is 6.30. The number of nitrogens with zero attached hydrogens (tertiary/aromatic N) is 3. The predicted octanol–water partition coefficient (Wildman–Crippen LogP) is 2.90. The van der Waals surface area contributed by atoms with Crippen molar-refractivity contribution in [1.82, 2.24) is 9.78 Å². The Morgan fingerprint density at radius 3 is 2.88 bits per heavy atom. The lowest BCUT2D eigenvalue weighted by Crippen LogP contribution is -2.02. The van der Waals surface area contributed by atoms with Crippen molar-refractivity contribution in [3.05, 3.63) is 52.1 Å². The summed E-state index contributed by atoms with van der Waals surface area (Å²) in [6.45, 7) is 2.06. The molecule has 0 aliphatic rings. The van der Waals surface area contributed by atoms with Crippen LogP contribution in [0.4, 0.5) is 4.39 Å². The molecule has 0 unspecified atom stereocenters. The summed E-state index contributed by atoms with van der Waals surface area (Å²) in [6.07, 6.45) is 0. The molecule has 0 aliphatic heterocycles. The molecule has 3 nitrogen and oxygen atoms in total. The van der Waals surface area contributed by atoms with Gasteiger partial charge in [-0.2, -0.15) is 10.4 Å². The van der Waals surface area contributed by atoms with E-state index in [1.807, 2.05) is 6.07 Å². The van der Waals surface area contributed by atoms with Crippen LogP contribution in [-0.2, 0) is 6.54 Å². The lowest BCUT2D eigenvalue weighted by atomic mass is 10.2. The first kappa shape index (κ1) is 11.6. The van der Waals surface area contributed by atoms with Crippen LogP contribution in [0.2, 0.25) is 5.15 Å². The largest absolute Gasteiger partial charge is 0.248 e. The maximum atomic E-state index is 13.0. The fraction of sp³-hybridized carbons (Fsp3) is 0.167. The monoisotopic (exact) mass is 249 g/mol. The number of hydrogen-bond acceptors (Lipinski definition) is 2. The molecule has 0 radical (unpaired) electrons. The summed E-state index contributed by atoms with van der Waals surface area (Å²) in [5.41, 5.74) is 1.69. The number of hydrogen-bond donors (Lipinski definition) is 0. The third kappa shape index (κ3) is 2.29. The molecule has 0 amide bonds. The molecule has 0 N–H and O–H groups in total. The maximum Gasteiger partial charge on any atom is 0.145 e. The van der Waals surface area contributed by atoms with Gasteiger partial charge in [-0.3, -0.25) is 0 Å². The van der Waals surface area contributed by atoms with Gasteiger partial charge in [0.25, 0.3) is 0 Å². The Labute approximate surface area is 103 Å². The van der Waals surface area contributed by atoms with Crippen molar-refractivity contribution in [3.63, 3.8) is 0 Å². The highest BCUT2D eigenvalue weighted by Gasteiger charge is 2.12. The lowest BCUT2D eigenvalue weighted by Gasteiger charge is -2.03. The second kappa shape index (κ2) is 4.56. The zero-order chi connectivity index (χ0) is 12.4. The smallest absolute Gasteiger partial charge is 0.145 e. The lowest BCUT2D eigenvalue weighted by molar-refractivity contribution is 0.619. The Morgan fingerprint density at radius 1 is 1.53 bits per heavy atom. The molecule has 86 valence electrons. The third-order valence-corrected chi connectivity index (χ3v) is 2.78. The van der Waals surface area contributed by atoms with Gasteiger partial charge >= 0.3 is 0 Å². The van der Waals surface area contributed by atoms with E-state index in [2.05, 4.69) is 5.10 Å².